The van der Waals surface area contributed by atoms with E-state index in [1.165, 1.54) is 17.4 Å². The maximum atomic E-state index is 12.5. The molecule has 0 saturated carbocycles. The first-order chi connectivity index (χ1) is 12.0. The largest absolute Gasteiger partial charge is 0.451 e. The second-order valence-corrected chi connectivity index (χ2v) is 7.28. The highest BCUT2D eigenvalue weighted by molar-refractivity contribution is 9.10. The van der Waals surface area contributed by atoms with Gasteiger partial charge in [0, 0.05) is 17.6 Å². The monoisotopic (exact) mass is 414 g/mol. The zero-order valence-corrected chi connectivity index (χ0v) is 15.4. The fraction of sp³-hybridized carbons (Fsp3) is 0.0556. The molecule has 2 aromatic carbocycles. The zero-order chi connectivity index (χ0) is 17.6. The van der Waals surface area contributed by atoms with Crippen LogP contribution >= 0.6 is 27.3 Å². The highest BCUT2D eigenvalue weighted by Gasteiger charge is 2.13. The van der Waals surface area contributed by atoms with Crippen molar-refractivity contribution in [2.24, 2.45) is 12.0 Å². The molecule has 0 spiro atoms. The predicted octanol–water partition coefficient (Wildman–Crippen LogP) is 3.85. The third kappa shape index (κ3) is 2.75. The maximum Gasteiger partial charge on any atom is 0.315 e. The minimum Gasteiger partial charge on any atom is -0.451 e. The van der Waals surface area contributed by atoms with Crippen molar-refractivity contribution in [3.63, 3.8) is 0 Å². The van der Waals surface area contributed by atoms with E-state index in [1.807, 2.05) is 29.8 Å². The number of aryl methyl sites for hydroxylation is 1. The number of hydrogen-bond donors (Lipinski definition) is 0. The Morgan fingerprint density at radius 2 is 2.00 bits per heavy atom. The summed E-state index contributed by atoms with van der Waals surface area (Å²) in [7, 11) is 1.84. The van der Waals surface area contributed by atoms with Gasteiger partial charge >= 0.3 is 5.91 Å². The molecule has 0 N–H and O–H groups in total. The van der Waals surface area contributed by atoms with Gasteiger partial charge in [-0.1, -0.05) is 29.5 Å². The van der Waals surface area contributed by atoms with Gasteiger partial charge in [-0.2, -0.15) is 4.99 Å². The van der Waals surface area contributed by atoms with Crippen molar-refractivity contribution in [3.05, 3.63) is 73.8 Å². The summed E-state index contributed by atoms with van der Waals surface area (Å²) >= 11 is 4.90. The van der Waals surface area contributed by atoms with E-state index in [0.717, 1.165) is 14.7 Å². The topological polar surface area (TPSA) is 64.6 Å². The van der Waals surface area contributed by atoms with Crippen molar-refractivity contribution in [3.8, 4) is 0 Å². The van der Waals surface area contributed by atoms with E-state index in [-0.39, 0.29) is 11.2 Å². The van der Waals surface area contributed by atoms with Gasteiger partial charge in [0.2, 0.25) is 0 Å². The van der Waals surface area contributed by atoms with E-state index < -0.39 is 5.91 Å². The van der Waals surface area contributed by atoms with Gasteiger partial charge in [-0.05, 0) is 40.2 Å². The number of fused-ring (bicyclic) bond motifs is 2. The van der Waals surface area contributed by atoms with Crippen LogP contribution in [0.3, 0.4) is 0 Å². The molecule has 7 heteroatoms. The third-order valence-corrected chi connectivity index (χ3v) is 5.55. The standard InChI is InChI=1S/C18H11BrN2O3S/c1-21-16-11(19)6-4-8-15(16)25-18(21)20-17(23)14-9-12(22)10-5-2-3-7-13(10)24-14/h2-9H,1H3. The van der Waals surface area contributed by atoms with Gasteiger partial charge in [0.25, 0.3) is 0 Å². The van der Waals surface area contributed by atoms with Crippen LogP contribution < -0.4 is 10.2 Å². The summed E-state index contributed by atoms with van der Waals surface area (Å²) in [4.78, 5) is 29.3. The van der Waals surface area contributed by atoms with Crippen LogP contribution in [-0.2, 0) is 7.05 Å². The molecule has 4 rings (SSSR count). The number of nitrogens with zero attached hydrogens (tertiary/aromatic N) is 2. The molecule has 0 unspecified atom stereocenters. The highest BCUT2D eigenvalue weighted by Crippen LogP contribution is 2.25. The van der Waals surface area contributed by atoms with E-state index in [1.54, 1.807) is 24.3 Å². The summed E-state index contributed by atoms with van der Waals surface area (Å²) in [5.41, 5.74) is 1.07. The molecule has 5 nitrogen and oxygen atoms in total. The molecule has 0 saturated heterocycles. The van der Waals surface area contributed by atoms with Crippen LogP contribution in [0.25, 0.3) is 21.2 Å². The summed E-state index contributed by atoms with van der Waals surface area (Å²) in [6.45, 7) is 0. The Morgan fingerprint density at radius 3 is 2.80 bits per heavy atom. The molecule has 2 heterocycles. The van der Waals surface area contributed by atoms with Crippen LogP contribution in [0.4, 0.5) is 0 Å². The lowest BCUT2D eigenvalue weighted by molar-refractivity contribution is 0.0972. The molecule has 0 bridgehead atoms. The third-order valence-electron chi connectivity index (χ3n) is 3.82. The van der Waals surface area contributed by atoms with Crippen molar-refractivity contribution in [1.29, 1.82) is 0 Å². The maximum absolute atomic E-state index is 12.5. The Morgan fingerprint density at radius 1 is 1.20 bits per heavy atom. The number of hydrogen-bond acceptors (Lipinski definition) is 4. The van der Waals surface area contributed by atoms with E-state index in [9.17, 15) is 9.59 Å². The SMILES string of the molecule is Cn1c(=NC(=O)c2cc(=O)c3ccccc3o2)sc2cccc(Br)c21. The lowest BCUT2D eigenvalue weighted by atomic mass is 10.2. The molecule has 0 aliphatic carbocycles. The number of aromatic nitrogens is 1. The molecule has 0 aliphatic heterocycles. The molecule has 0 aliphatic rings. The van der Waals surface area contributed by atoms with Crippen molar-refractivity contribution in [2.45, 2.75) is 0 Å². The van der Waals surface area contributed by atoms with Crippen LogP contribution in [-0.4, -0.2) is 10.5 Å². The molecule has 25 heavy (non-hydrogen) atoms. The second kappa shape index (κ2) is 6.09. The quantitative estimate of drug-likeness (QED) is 0.475. The first kappa shape index (κ1) is 16.0. The van der Waals surface area contributed by atoms with E-state index >= 15 is 0 Å². The van der Waals surface area contributed by atoms with E-state index in [4.69, 9.17) is 4.42 Å². The number of halogens is 1. The predicted molar refractivity (Wildman–Crippen MR) is 101 cm³/mol. The van der Waals surface area contributed by atoms with Crippen LogP contribution in [0, 0.1) is 0 Å². The molecule has 0 radical (unpaired) electrons. The highest BCUT2D eigenvalue weighted by atomic mass is 79.9. The zero-order valence-electron chi connectivity index (χ0n) is 13.0. The molecule has 0 atom stereocenters. The minimum atomic E-state index is -0.582. The van der Waals surface area contributed by atoms with Crippen molar-refractivity contribution in [2.75, 3.05) is 0 Å². The number of para-hydroxylation sites is 2. The summed E-state index contributed by atoms with van der Waals surface area (Å²) in [5.74, 6) is -0.652. The Balaban J connectivity index is 1.88. The molecular formula is C18H11BrN2O3S. The van der Waals surface area contributed by atoms with Gasteiger partial charge in [0.1, 0.15) is 5.58 Å². The lowest BCUT2D eigenvalue weighted by Crippen LogP contribution is -2.14. The van der Waals surface area contributed by atoms with Gasteiger partial charge in [-0.3, -0.25) is 9.59 Å². The molecule has 124 valence electrons. The van der Waals surface area contributed by atoms with Gasteiger partial charge in [0.15, 0.2) is 16.0 Å². The minimum absolute atomic E-state index is 0.0692. The molecule has 2 aromatic heterocycles. The van der Waals surface area contributed by atoms with E-state index in [0.29, 0.717) is 15.8 Å². The smallest absolute Gasteiger partial charge is 0.315 e. The Bertz CT molecular complexity index is 1270. The summed E-state index contributed by atoms with van der Waals surface area (Å²) in [5, 5.41) is 0.440. The number of carbonyl (C=O) groups excluding carboxylic acids is 1. The number of rotatable bonds is 1. The molecular weight excluding hydrogens is 404 g/mol. The number of benzene rings is 2. The van der Waals surface area contributed by atoms with Crippen molar-refractivity contribution in [1.82, 2.24) is 4.57 Å². The molecule has 4 aromatic rings. The van der Waals surface area contributed by atoms with Crippen LogP contribution in [0.5, 0.6) is 0 Å². The van der Waals surface area contributed by atoms with Crippen molar-refractivity contribution >= 4 is 54.4 Å². The van der Waals surface area contributed by atoms with Crippen LogP contribution in [0.15, 0.2) is 67.2 Å². The number of amides is 1. The Hall–Kier alpha value is -2.51. The van der Waals surface area contributed by atoms with Crippen molar-refractivity contribution < 1.29 is 9.21 Å². The first-order valence-corrected chi connectivity index (χ1v) is 9.01. The van der Waals surface area contributed by atoms with Gasteiger partial charge < -0.3 is 8.98 Å². The first-order valence-electron chi connectivity index (χ1n) is 7.40. The Kier molecular flexibility index (Phi) is 3.89. The molecule has 0 fully saturated rings. The summed E-state index contributed by atoms with van der Waals surface area (Å²) in [6.07, 6.45) is 0. The van der Waals surface area contributed by atoms with Gasteiger partial charge in [-0.15, -0.1) is 0 Å². The average molecular weight is 415 g/mol. The summed E-state index contributed by atoms with van der Waals surface area (Å²) < 4.78 is 9.32. The normalized spacial score (nSPS) is 12.2. The molecule has 1 amide bonds. The number of carbonyl (C=O) groups is 1. The fourth-order valence-electron chi connectivity index (χ4n) is 2.61. The van der Waals surface area contributed by atoms with Crippen LogP contribution in [0.1, 0.15) is 10.6 Å². The average Bonchev–Trinajstić information content (AvgIpc) is 2.92. The van der Waals surface area contributed by atoms with E-state index in [2.05, 4.69) is 20.9 Å². The second-order valence-electron chi connectivity index (χ2n) is 5.42. The van der Waals surface area contributed by atoms with Crippen LogP contribution in [0.2, 0.25) is 0 Å². The van der Waals surface area contributed by atoms with Gasteiger partial charge in [0.05, 0.1) is 15.6 Å². The fourth-order valence-corrected chi connectivity index (χ4v) is 4.42. The lowest BCUT2D eigenvalue weighted by Gasteiger charge is -1.99. The number of thiazole rings is 1. The van der Waals surface area contributed by atoms with Gasteiger partial charge in [-0.25, -0.2) is 0 Å². The summed E-state index contributed by atoms with van der Waals surface area (Å²) in [6, 6.07) is 13.8. The Labute approximate surface area is 154 Å².